The average Bonchev–Trinajstić information content (AvgIpc) is 3.46. The van der Waals surface area contributed by atoms with Crippen LogP contribution in [0.25, 0.3) is 0 Å². The molecule has 0 aromatic heterocycles. The molecule has 1 saturated heterocycles. The van der Waals surface area contributed by atoms with E-state index in [0.29, 0.717) is 0 Å². The van der Waals surface area contributed by atoms with Crippen molar-refractivity contribution < 1.29 is 9.47 Å². The zero-order chi connectivity index (χ0) is 38.8. The Morgan fingerprint density at radius 1 is 0.442 bits per heavy atom. The minimum absolute atomic E-state index is 0.274. The van der Waals surface area contributed by atoms with Gasteiger partial charge in [-0.25, -0.2) is 0 Å². The van der Waals surface area contributed by atoms with Gasteiger partial charge in [0.15, 0.2) is 5.79 Å². The Morgan fingerprint density at radius 3 is 1.15 bits per heavy atom. The van der Waals surface area contributed by atoms with E-state index in [-0.39, 0.29) is 11.9 Å². The van der Waals surface area contributed by atoms with Crippen molar-refractivity contribution in [2.24, 2.45) is 47.3 Å². The molecule has 8 atom stereocenters. The molecule has 0 aliphatic carbocycles. The largest absolute Gasteiger partial charge is 0.347 e. The van der Waals surface area contributed by atoms with Crippen LogP contribution in [0.2, 0.25) is 0 Å². The van der Waals surface area contributed by atoms with E-state index in [1.807, 2.05) is 0 Å². The smallest absolute Gasteiger partial charge is 0.168 e. The van der Waals surface area contributed by atoms with Gasteiger partial charge in [-0.3, -0.25) is 0 Å². The maximum Gasteiger partial charge on any atom is 0.168 e. The summed E-state index contributed by atoms with van der Waals surface area (Å²) in [6.45, 7) is 26.3. The van der Waals surface area contributed by atoms with Crippen molar-refractivity contribution in [1.82, 2.24) is 4.90 Å². The molecule has 0 bridgehead atoms. The normalized spacial score (nSPS) is 21.6. The average molecular weight is 734 g/mol. The molecule has 1 aliphatic rings. The fourth-order valence-corrected chi connectivity index (χ4v) is 8.84. The summed E-state index contributed by atoms with van der Waals surface area (Å²) in [5, 5.41) is 0. The third kappa shape index (κ3) is 27.5. The number of nitrogens with zero attached hydrogens (tertiary/aromatic N) is 1. The lowest BCUT2D eigenvalue weighted by molar-refractivity contribution is -0.181. The van der Waals surface area contributed by atoms with Crippen molar-refractivity contribution in [3.05, 3.63) is 0 Å². The fourth-order valence-electron chi connectivity index (χ4n) is 8.84. The van der Waals surface area contributed by atoms with Gasteiger partial charge in [-0.05, 0) is 93.7 Å². The van der Waals surface area contributed by atoms with E-state index in [1.165, 1.54) is 141 Å². The Balaban J connectivity index is 2.39. The van der Waals surface area contributed by atoms with E-state index in [2.05, 4.69) is 88.2 Å². The summed E-state index contributed by atoms with van der Waals surface area (Å²) in [6.07, 6.45) is 33.8. The highest BCUT2D eigenvalue weighted by molar-refractivity contribution is 4.81. The van der Waals surface area contributed by atoms with E-state index in [1.54, 1.807) is 0 Å². The van der Waals surface area contributed by atoms with Crippen LogP contribution in [0.5, 0.6) is 0 Å². The first-order chi connectivity index (χ1) is 24.7. The van der Waals surface area contributed by atoms with Crippen LogP contribution in [-0.4, -0.2) is 44.0 Å². The van der Waals surface area contributed by atoms with Gasteiger partial charge in [0.05, 0.1) is 12.7 Å². The van der Waals surface area contributed by atoms with Gasteiger partial charge < -0.3 is 14.4 Å². The van der Waals surface area contributed by atoms with Crippen LogP contribution in [0.15, 0.2) is 0 Å². The summed E-state index contributed by atoms with van der Waals surface area (Å²) in [7, 11) is 4.35. The standard InChI is InChI=1S/C49H99NO2/c1-40(2)21-13-23-42(5)25-15-27-44(7)29-17-31-46(9)33-19-36-49(51-39-48(52-49)34-20-38-50(11)12)37-35-47(10)32-18-30-45(8)28-16-26-43(6)24-14-22-41(3)4/h40-48H,13-39H2,1-12H3. The van der Waals surface area contributed by atoms with E-state index >= 15 is 0 Å². The highest BCUT2D eigenvalue weighted by Crippen LogP contribution is 2.37. The van der Waals surface area contributed by atoms with E-state index < -0.39 is 0 Å². The van der Waals surface area contributed by atoms with Crippen molar-refractivity contribution in [3.8, 4) is 0 Å². The summed E-state index contributed by atoms with van der Waals surface area (Å²) >= 11 is 0. The predicted octanol–water partition coefficient (Wildman–Crippen LogP) is 15.5. The Morgan fingerprint density at radius 2 is 0.788 bits per heavy atom. The van der Waals surface area contributed by atoms with Crippen molar-refractivity contribution in [3.63, 3.8) is 0 Å². The Hall–Kier alpha value is -0.120. The third-order valence-electron chi connectivity index (χ3n) is 12.8. The van der Waals surface area contributed by atoms with Crippen molar-refractivity contribution in [2.45, 2.75) is 242 Å². The van der Waals surface area contributed by atoms with Gasteiger partial charge in [0.1, 0.15) is 0 Å². The van der Waals surface area contributed by atoms with Crippen LogP contribution in [0.3, 0.4) is 0 Å². The number of hydrogen-bond donors (Lipinski definition) is 0. The molecule has 0 aromatic carbocycles. The molecule has 52 heavy (non-hydrogen) atoms. The molecule has 0 radical (unpaired) electrons. The van der Waals surface area contributed by atoms with Crippen LogP contribution in [0, 0.1) is 47.3 Å². The number of hydrogen-bond acceptors (Lipinski definition) is 3. The van der Waals surface area contributed by atoms with Crippen LogP contribution in [0.4, 0.5) is 0 Å². The maximum absolute atomic E-state index is 6.86. The van der Waals surface area contributed by atoms with E-state index in [4.69, 9.17) is 9.47 Å². The lowest BCUT2D eigenvalue weighted by atomic mass is 9.88. The van der Waals surface area contributed by atoms with E-state index in [9.17, 15) is 0 Å². The molecule has 0 spiro atoms. The van der Waals surface area contributed by atoms with Gasteiger partial charge in [-0.15, -0.1) is 0 Å². The topological polar surface area (TPSA) is 21.7 Å². The molecule has 0 amide bonds. The quantitative estimate of drug-likeness (QED) is 0.0647. The number of rotatable bonds is 35. The lowest BCUT2D eigenvalue weighted by Crippen LogP contribution is -2.32. The molecule has 0 aromatic rings. The van der Waals surface area contributed by atoms with Gasteiger partial charge in [-0.2, -0.15) is 0 Å². The summed E-state index contributed by atoms with van der Waals surface area (Å²) in [5.41, 5.74) is 0. The second kappa shape index (κ2) is 30.1. The fraction of sp³-hybridized carbons (Fsp3) is 1.00. The van der Waals surface area contributed by atoms with Crippen molar-refractivity contribution >= 4 is 0 Å². The SMILES string of the molecule is CC(C)CCCC(C)CCCC(C)CCCC(C)CCCC1(CCC(C)CCCC(C)CCCC(C)CCCC(C)C)OCC(CCCN(C)C)O1. The molecule has 1 aliphatic heterocycles. The predicted molar refractivity (Wildman–Crippen MR) is 232 cm³/mol. The van der Waals surface area contributed by atoms with Gasteiger partial charge in [-0.1, -0.05) is 191 Å². The molecule has 8 unspecified atom stereocenters. The zero-order valence-electron chi connectivity index (χ0n) is 38.1. The number of ether oxygens (including phenoxy) is 2. The summed E-state index contributed by atoms with van der Waals surface area (Å²) < 4.78 is 13.5. The van der Waals surface area contributed by atoms with Crippen LogP contribution in [-0.2, 0) is 9.47 Å². The highest BCUT2D eigenvalue weighted by atomic mass is 16.7. The van der Waals surface area contributed by atoms with Crippen LogP contribution >= 0.6 is 0 Å². The van der Waals surface area contributed by atoms with Crippen molar-refractivity contribution in [1.29, 1.82) is 0 Å². The zero-order valence-corrected chi connectivity index (χ0v) is 38.1. The Labute approximate surface area is 329 Å². The molecular formula is C49H99NO2. The third-order valence-corrected chi connectivity index (χ3v) is 12.8. The van der Waals surface area contributed by atoms with Gasteiger partial charge in [0.25, 0.3) is 0 Å². The molecular weight excluding hydrogens is 635 g/mol. The highest BCUT2D eigenvalue weighted by Gasteiger charge is 2.40. The van der Waals surface area contributed by atoms with Crippen LogP contribution in [0.1, 0.15) is 230 Å². The molecule has 312 valence electrons. The minimum Gasteiger partial charge on any atom is -0.347 e. The second-order valence-corrected chi connectivity index (χ2v) is 20.3. The van der Waals surface area contributed by atoms with E-state index in [0.717, 1.165) is 79.8 Å². The Kier molecular flexibility index (Phi) is 28.9. The first kappa shape index (κ1) is 49.9. The molecule has 1 fully saturated rings. The minimum atomic E-state index is -0.337. The molecule has 0 N–H and O–H groups in total. The second-order valence-electron chi connectivity index (χ2n) is 20.3. The molecule has 1 heterocycles. The van der Waals surface area contributed by atoms with Crippen molar-refractivity contribution in [2.75, 3.05) is 27.2 Å². The van der Waals surface area contributed by atoms with Gasteiger partial charge >= 0.3 is 0 Å². The first-order valence-electron chi connectivity index (χ1n) is 23.7. The summed E-state index contributed by atoms with van der Waals surface area (Å²) in [6, 6.07) is 0. The summed E-state index contributed by atoms with van der Waals surface area (Å²) in [5.74, 6) is 6.49. The van der Waals surface area contributed by atoms with Gasteiger partial charge in [0, 0.05) is 12.8 Å². The molecule has 3 nitrogen and oxygen atoms in total. The molecule has 3 heteroatoms. The molecule has 0 saturated carbocycles. The van der Waals surface area contributed by atoms with Crippen LogP contribution < -0.4 is 0 Å². The van der Waals surface area contributed by atoms with Gasteiger partial charge in [0.2, 0.25) is 0 Å². The first-order valence-corrected chi connectivity index (χ1v) is 23.7. The lowest BCUT2D eigenvalue weighted by Gasteiger charge is -2.30. The Bertz CT molecular complexity index is 796. The maximum atomic E-state index is 6.86. The molecule has 1 rings (SSSR count). The monoisotopic (exact) mass is 734 g/mol. The summed E-state index contributed by atoms with van der Waals surface area (Å²) in [4.78, 5) is 2.29.